The van der Waals surface area contributed by atoms with Gasteiger partial charge in [-0.05, 0) is 91.0 Å². The smallest absolute Gasteiger partial charge is 0.238 e. The van der Waals surface area contributed by atoms with Crippen molar-refractivity contribution in [2.45, 2.75) is 0 Å². The van der Waals surface area contributed by atoms with E-state index in [4.69, 9.17) is 15.0 Å². The lowest BCUT2D eigenvalue weighted by Gasteiger charge is -2.14. The highest BCUT2D eigenvalue weighted by atomic mass is 15.2. The second-order valence-corrected chi connectivity index (χ2v) is 17.6. The molecule has 0 N–H and O–H groups in total. The van der Waals surface area contributed by atoms with Crippen molar-refractivity contribution < 1.29 is 0 Å². The predicted octanol–water partition coefficient (Wildman–Crippen LogP) is 16.2. The molecule has 316 valence electrons. The molecule has 3 heterocycles. The lowest BCUT2D eigenvalue weighted by Crippen LogP contribution is -2.07. The van der Waals surface area contributed by atoms with E-state index < -0.39 is 0 Å². The van der Waals surface area contributed by atoms with Crippen LogP contribution in [-0.4, -0.2) is 24.1 Å². The zero-order chi connectivity index (χ0) is 44.7. The summed E-state index contributed by atoms with van der Waals surface area (Å²) in [6, 6.07) is 84.6. The number of hydrogen-bond acceptors (Lipinski definition) is 3. The molecule has 0 aliphatic heterocycles. The molecule has 0 aliphatic carbocycles. The van der Waals surface area contributed by atoms with Gasteiger partial charge in [-0.2, -0.15) is 9.97 Å². The average Bonchev–Trinajstić information content (AvgIpc) is 3.94. The van der Waals surface area contributed by atoms with Crippen LogP contribution in [0.25, 0.3) is 133 Å². The Bertz CT molecular complexity index is 4280. The summed E-state index contributed by atoms with van der Waals surface area (Å²) in [6.07, 6.45) is 0. The third kappa shape index (κ3) is 5.93. The molecule has 0 bridgehead atoms. The highest BCUT2D eigenvalue weighted by Gasteiger charge is 2.24. The third-order valence-corrected chi connectivity index (χ3v) is 13.7. The molecular weight excluding hydrogens is 827 g/mol. The number of hydrogen-bond donors (Lipinski definition) is 0. The van der Waals surface area contributed by atoms with Gasteiger partial charge in [-0.25, -0.2) is 4.98 Å². The van der Waals surface area contributed by atoms with Gasteiger partial charge in [0.25, 0.3) is 0 Å². The fourth-order valence-electron chi connectivity index (χ4n) is 10.7. The van der Waals surface area contributed by atoms with Crippen molar-refractivity contribution in [2.75, 3.05) is 0 Å². The molecule has 11 aromatic carbocycles. The maximum absolute atomic E-state index is 5.48. The standard InChI is InChI=1S/C63H39N5/c1-3-17-40(18-4-1)43-22-16-24-46(38-43)67-57-31-13-11-29-52(57)54-35-36-55-53-30-12-14-32-58(53)68(60(55)59(54)67)63-65-61(41-19-5-2-6-20-41)64-62(66-63)45-23-15-21-42(37-45)44-33-34-51-49-27-8-7-25-47(49)48-26-9-10-28-50(48)56(51)39-44/h1-39H. The molecule has 5 heteroatoms. The molecule has 3 aromatic heterocycles. The fraction of sp³-hybridized carbons (Fsp3) is 0. The van der Waals surface area contributed by atoms with Gasteiger partial charge in [0.1, 0.15) is 0 Å². The molecule has 0 fully saturated rings. The van der Waals surface area contributed by atoms with Gasteiger partial charge in [0, 0.05) is 38.4 Å². The summed E-state index contributed by atoms with van der Waals surface area (Å²) in [5.41, 5.74) is 11.7. The summed E-state index contributed by atoms with van der Waals surface area (Å²) in [4.78, 5) is 16.1. The summed E-state index contributed by atoms with van der Waals surface area (Å²) in [6.45, 7) is 0. The zero-order valence-corrected chi connectivity index (χ0v) is 36.8. The van der Waals surface area contributed by atoms with Crippen molar-refractivity contribution in [3.05, 3.63) is 237 Å². The molecule has 0 amide bonds. The number of fused-ring (bicyclic) bond motifs is 13. The first-order chi connectivity index (χ1) is 33.7. The van der Waals surface area contributed by atoms with Crippen molar-refractivity contribution in [3.8, 4) is 56.7 Å². The first-order valence-corrected chi connectivity index (χ1v) is 23.1. The third-order valence-electron chi connectivity index (χ3n) is 13.7. The average molecular weight is 866 g/mol. The fourth-order valence-corrected chi connectivity index (χ4v) is 10.7. The number of aromatic nitrogens is 5. The number of para-hydroxylation sites is 2. The van der Waals surface area contributed by atoms with E-state index >= 15 is 0 Å². The number of nitrogens with zero attached hydrogens (tertiary/aromatic N) is 5. The second kappa shape index (κ2) is 15.2. The Labute approximate surface area is 391 Å². The Kier molecular flexibility index (Phi) is 8.52. The van der Waals surface area contributed by atoms with Gasteiger partial charge < -0.3 is 4.57 Å². The van der Waals surface area contributed by atoms with Crippen LogP contribution in [0.5, 0.6) is 0 Å². The summed E-state index contributed by atoms with van der Waals surface area (Å²) in [5.74, 6) is 1.76. The molecule has 14 aromatic rings. The first kappa shape index (κ1) is 38.1. The largest absolute Gasteiger partial charge is 0.307 e. The topological polar surface area (TPSA) is 48.5 Å². The Hall–Kier alpha value is -9.19. The van der Waals surface area contributed by atoms with Crippen LogP contribution in [-0.2, 0) is 0 Å². The number of rotatable bonds is 6. The van der Waals surface area contributed by atoms with Crippen molar-refractivity contribution in [1.82, 2.24) is 24.1 Å². The van der Waals surface area contributed by atoms with Crippen LogP contribution in [0.2, 0.25) is 0 Å². The van der Waals surface area contributed by atoms with E-state index in [1.54, 1.807) is 0 Å². The molecule has 0 saturated heterocycles. The summed E-state index contributed by atoms with van der Waals surface area (Å²) in [7, 11) is 0. The molecule has 0 atom stereocenters. The Morgan fingerprint density at radius 1 is 0.235 bits per heavy atom. The van der Waals surface area contributed by atoms with E-state index in [1.165, 1.54) is 43.3 Å². The van der Waals surface area contributed by atoms with Gasteiger partial charge in [0.2, 0.25) is 5.95 Å². The Morgan fingerprint density at radius 2 is 0.662 bits per heavy atom. The minimum Gasteiger partial charge on any atom is -0.307 e. The SMILES string of the molecule is c1ccc(-c2cccc(-n3c4ccccc4c4ccc5c6ccccc6n(-c6nc(-c7ccccc7)nc(-c7cccc(-c8ccc9c%10ccccc%10c%10ccccc%10c9c8)c7)n6)c5c43)c2)cc1. The van der Waals surface area contributed by atoms with Crippen molar-refractivity contribution >= 4 is 75.9 Å². The van der Waals surface area contributed by atoms with Crippen molar-refractivity contribution in [1.29, 1.82) is 0 Å². The predicted molar refractivity (Wildman–Crippen MR) is 283 cm³/mol. The van der Waals surface area contributed by atoms with E-state index in [2.05, 4.69) is 228 Å². The van der Waals surface area contributed by atoms with Crippen LogP contribution < -0.4 is 0 Å². The summed E-state index contributed by atoms with van der Waals surface area (Å²) in [5, 5.41) is 12.1. The van der Waals surface area contributed by atoms with Gasteiger partial charge in [-0.3, -0.25) is 4.57 Å². The second-order valence-electron chi connectivity index (χ2n) is 17.6. The van der Waals surface area contributed by atoms with Gasteiger partial charge in [0.15, 0.2) is 11.6 Å². The summed E-state index contributed by atoms with van der Waals surface area (Å²) < 4.78 is 4.69. The highest BCUT2D eigenvalue weighted by Crippen LogP contribution is 2.43. The van der Waals surface area contributed by atoms with Crippen LogP contribution in [0.4, 0.5) is 0 Å². The molecule has 0 radical (unpaired) electrons. The Balaban J connectivity index is 1.02. The van der Waals surface area contributed by atoms with Gasteiger partial charge in [-0.1, -0.05) is 200 Å². The van der Waals surface area contributed by atoms with Crippen LogP contribution in [0.1, 0.15) is 0 Å². The minimum absolute atomic E-state index is 0.553. The molecule has 14 rings (SSSR count). The maximum Gasteiger partial charge on any atom is 0.238 e. The lowest BCUT2D eigenvalue weighted by atomic mass is 9.92. The number of benzene rings is 11. The van der Waals surface area contributed by atoms with Crippen LogP contribution in [0, 0.1) is 0 Å². The maximum atomic E-state index is 5.48. The molecule has 0 unspecified atom stereocenters. The van der Waals surface area contributed by atoms with E-state index in [9.17, 15) is 0 Å². The molecule has 0 saturated carbocycles. The molecule has 68 heavy (non-hydrogen) atoms. The molecular formula is C63H39N5. The van der Waals surface area contributed by atoms with E-state index in [1.807, 2.05) is 18.2 Å². The minimum atomic E-state index is 0.553. The normalized spacial score (nSPS) is 11.8. The molecule has 0 spiro atoms. The molecule has 0 aliphatic rings. The monoisotopic (exact) mass is 865 g/mol. The van der Waals surface area contributed by atoms with Gasteiger partial charge >= 0.3 is 0 Å². The van der Waals surface area contributed by atoms with E-state index in [0.29, 0.717) is 17.6 Å². The Morgan fingerprint density at radius 3 is 1.31 bits per heavy atom. The lowest BCUT2D eigenvalue weighted by molar-refractivity contribution is 0.953. The first-order valence-electron chi connectivity index (χ1n) is 23.1. The van der Waals surface area contributed by atoms with E-state index in [0.717, 1.165) is 71.7 Å². The molecule has 5 nitrogen and oxygen atoms in total. The highest BCUT2D eigenvalue weighted by molar-refractivity contribution is 6.26. The van der Waals surface area contributed by atoms with Gasteiger partial charge in [0.05, 0.1) is 22.1 Å². The van der Waals surface area contributed by atoms with Gasteiger partial charge in [-0.15, -0.1) is 0 Å². The van der Waals surface area contributed by atoms with Crippen LogP contribution >= 0.6 is 0 Å². The zero-order valence-electron chi connectivity index (χ0n) is 36.8. The van der Waals surface area contributed by atoms with Crippen molar-refractivity contribution in [3.63, 3.8) is 0 Å². The van der Waals surface area contributed by atoms with Crippen LogP contribution in [0.15, 0.2) is 237 Å². The summed E-state index contributed by atoms with van der Waals surface area (Å²) >= 11 is 0. The quantitative estimate of drug-likeness (QED) is 0.156. The van der Waals surface area contributed by atoms with E-state index in [-0.39, 0.29) is 0 Å². The van der Waals surface area contributed by atoms with Crippen LogP contribution in [0.3, 0.4) is 0 Å². The van der Waals surface area contributed by atoms with Crippen molar-refractivity contribution in [2.24, 2.45) is 0 Å².